The largest absolute Gasteiger partial charge is 0.493 e. The summed E-state index contributed by atoms with van der Waals surface area (Å²) in [6.45, 7) is 1.77. The van der Waals surface area contributed by atoms with Gasteiger partial charge in [0.15, 0.2) is 11.5 Å². The number of rotatable bonds is 8. The van der Waals surface area contributed by atoms with Crippen LogP contribution in [0.25, 0.3) is 11.5 Å². The zero-order valence-corrected chi connectivity index (χ0v) is 17.3. The van der Waals surface area contributed by atoms with Gasteiger partial charge in [0.1, 0.15) is 0 Å². The molecule has 1 atom stereocenters. The van der Waals surface area contributed by atoms with Gasteiger partial charge in [-0.15, -0.1) is 10.2 Å². The van der Waals surface area contributed by atoms with Crippen LogP contribution in [0.1, 0.15) is 6.92 Å². The number of carbonyl (C=O) groups is 1. The van der Waals surface area contributed by atoms with E-state index in [0.717, 1.165) is 5.69 Å². The first-order valence-electron chi connectivity index (χ1n) is 8.72. The number of para-hydroxylation sites is 1. The molecule has 2 aromatic carbocycles. The lowest BCUT2D eigenvalue weighted by molar-refractivity contribution is -0.115. The Hall–Kier alpha value is -3.20. The molecule has 152 valence electrons. The van der Waals surface area contributed by atoms with Crippen LogP contribution in [0.5, 0.6) is 17.2 Å². The van der Waals surface area contributed by atoms with Crippen molar-refractivity contribution in [3.05, 3.63) is 42.5 Å². The molecule has 29 heavy (non-hydrogen) atoms. The molecule has 1 aromatic heterocycles. The molecule has 0 aliphatic heterocycles. The van der Waals surface area contributed by atoms with E-state index in [4.69, 9.17) is 18.6 Å². The third-order valence-corrected chi connectivity index (χ3v) is 4.94. The fourth-order valence-corrected chi connectivity index (χ4v) is 3.23. The quantitative estimate of drug-likeness (QED) is 0.554. The minimum Gasteiger partial charge on any atom is -0.493 e. The molecule has 0 aliphatic carbocycles. The molecular formula is C20H21N3O5S. The molecule has 1 heterocycles. The van der Waals surface area contributed by atoms with Crippen molar-refractivity contribution in [3.63, 3.8) is 0 Å². The number of thioether (sulfide) groups is 1. The number of nitrogens with one attached hydrogen (secondary N) is 1. The summed E-state index contributed by atoms with van der Waals surface area (Å²) in [5.74, 6) is 1.55. The second-order valence-electron chi connectivity index (χ2n) is 5.90. The van der Waals surface area contributed by atoms with Crippen molar-refractivity contribution in [1.29, 1.82) is 0 Å². The summed E-state index contributed by atoms with van der Waals surface area (Å²) in [6, 6.07) is 12.7. The Morgan fingerprint density at radius 3 is 2.28 bits per heavy atom. The van der Waals surface area contributed by atoms with Crippen LogP contribution >= 0.6 is 11.8 Å². The summed E-state index contributed by atoms with van der Waals surface area (Å²) in [5, 5.41) is 10.8. The van der Waals surface area contributed by atoms with E-state index in [-0.39, 0.29) is 17.0 Å². The normalized spacial score (nSPS) is 11.6. The van der Waals surface area contributed by atoms with Gasteiger partial charge in [0.2, 0.25) is 17.5 Å². The van der Waals surface area contributed by atoms with Gasteiger partial charge in [0.25, 0.3) is 5.22 Å². The van der Waals surface area contributed by atoms with E-state index in [2.05, 4.69) is 15.5 Å². The minimum absolute atomic E-state index is 0.159. The highest BCUT2D eigenvalue weighted by molar-refractivity contribution is 8.00. The molecule has 3 rings (SSSR count). The molecule has 0 spiro atoms. The molecular weight excluding hydrogens is 394 g/mol. The highest BCUT2D eigenvalue weighted by Crippen LogP contribution is 2.41. The zero-order valence-electron chi connectivity index (χ0n) is 16.5. The minimum atomic E-state index is -0.427. The molecule has 1 N–H and O–H groups in total. The Kier molecular flexibility index (Phi) is 6.61. The maximum atomic E-state index is 12.4. The summed E-state index contributed by atoms with van der Waals surface area (Å²) in [7, 11) is 4.59. The van der Waals surface area contributed by atoms with E-state index < -0.39 is 5.25 Å². The topological polar surface area (TPSA) is 95.7 Å². The Morgan fingerprint density at radius 2 is 1.69 bits per heavy atom. The van der Waals surface area contributed by atoms with Gasteiger partial charge < -0.3 is 23.9 Å². The van der Waals surface area contributed by atoms with Crippen molar-refractivity contribution in [2.75, 3.05) is 26.6 Å². The summed E-state index contributed by atoms with van der Waals surface area (Å²) in [4.78, 5) is 12.4. The molecule has 9 heteroatoms. The lowest BCUT2D eigenvalue weighted by Gasteiger charge is -2.12. The third-order valence-electron chi connectivity index (χ3n) is 4.01. The number of nitrogens with zero attached hydrogens (tertiary/aromatic N) is 2. The fraction of sp³-hybridized carbons (Fsp3) is 0.250. The lowest BCUT2D eigenvalue weighted by atomic mass is 10.2. The number of hydrogen-bond acceptors (Lipinski definition) is 8. The van der Waals surface area contributed by atoms with Crippen LogP contribution in [-0.4, -0.2) is 42.7 Å². The molecule has 0 unspecified atom stereocenters. The Labute approximate surface area is 172 Å². The number of benzene rings is 2. The van der Waals surface area contributed by atoms with Gasteiger partial charge in [0, 0.05) is 11.3 Å². The average molecular weight is 415 g/mol. The fourth-order valence-electron chi connectivity index (χ4n) is 2.55. The molecule has 0 saturated carbocycles. The Balaban J connectivity index is 1.74. The van der Waals surface area contributed by atoms with Gasteiger partial charge in [0.05, 0.1) is 26.6 Å². The van der Waals surface area contributed by atoms with Gasteiger partial charge in [-0.1, -0.05) is 30.0 Å². The smallest absolute Gasteiger partial charge is 0.277 e. The number of anilines is 1. The molecule has 0 saturated heterocycles. The summed E-state index contributed by atoms with van der Waals surface area (Å²) < 4.78 is 21.7. The highest BCUT2D eigenvalue weighted by atomic mass is 32.2. The van der Waals surface area contributed by atoms with Crippen molar-refractivity contribution >= 4 is 23.4 Å². The van der Waals surface area contributed by atoms with Gasteiger partial charge in [-0.05, 0) is 31.2 Å². The molecule has 8 nitrogen and oxygen atoms in total. The van der Waals surface area contributed by atoms with E-state index in [0.29, 0.717) is 22.8 Å². The van der Waals surface area contributed by atoms with Crippen LogP contribution in [0, 0.1) is 0 Å². The van der Waals surface area contributed by atoms with E-state index >= 15 is 0 Å². The van der Waals surface area contributed by atoms with Gasteiger partial charge in [-0.3, -0.25) is 4.79 Å². The van der Waals surface area contributed by atoms with Crippen LogP contribution in [-0.2, 0) is 4.79 Å². The first-order chi connectivity index (χ1) is 14.0. The van der Waals surface area contributed by atoms with Crippen LogP contribution < -0.4 is 19.5 Å². The Morgan fingerprint density at radius 1 is 1.03 bits per heavy atom. The van der Waals surface area contributed by atoms with E-state index in [1.807, 2.05) is 30.3 Å². The number of amides is 1. The van der Waals surface area contributed by atoms with E-state index in [1.54, 1.807) is 19.1 Å². The highest BCUT2D eigenvalue weighted by Gasteiger charge is 2.21. The molecule has 0 aliphatic rings. The molecule has 1 amide bonds. The zero-order chi connectivity index (χ0) is 20.8. The first-order valence-corrected chi connectivity index (χ1v) is 9.60. The molecule has 0 radical (unpaired) electrons. The predicted octanol–water partition coefficient (Wildman–Crippen LogP) is 3.88. The van der Waals surface area contributed by atoms with Crippen molar-refractivity contribution in [1.82, 2.24) is 10.2 Å². The molecule has 3 aromatic rings. The maximum Gasteiger partial charge on any atom is 0.277 e. The van der Waals surface area contributed by atoms with Crippen molar-refractivity contribution < 1.29 is 23.4 Å². The predicted molar refractivity (Wildman–Crippen MR) is 110 cm³/mol. The van der Waals surface area contributed by atoms with E-state index in [9.17, 15) is 4.79 Å². The van der Waals surface area contributed by atoms with Gasteiger partial charge in [-0.25, -0.2) is 0 Å². The van der Waals surface area contributed by atoms with Crippen LogP contribution in [0.3, 0.4) is 0 Å². The average Bonchev–Trinajstić information content (AvgIpc) is 3.21. The molecule has 0 fully saturated rings. The number of carbonyl (C=O) groups excluding carboxylic acids is 1. The Bertz CT molecular complexity index is 952. The van der Waals surface area contributed by atoms with Gasteiger partial charge >= 0.3 is 0 Å². The van der Waals surface area contributed by atoms with Crippen LogP contribution in [0.4, 0.5) is 5.69 Å². The SMILES string of the molecule is COc1cc(-c2nnc(S[C@H](C)C(=O)Nc3ccccc3)o2)cc(OC)c1OC. The van der Waals surface area contributed by atoms with Crippen molar-refractivity contribution in [3.8, 4) is 28.7 Å². The second kappa shape index (κ2) is 9.33. The number of ether oxygens (including phenoxy) is 3. The lowest BCUT2D eigenvalue weighted by Crippen LogP contribution is -2.22. The van der Waals surface area contributed by atoms with Crippen LogP contribution in [0.2, 0.25) is 0 Å². The monoisotopic (exact) mass is 415 g/mol. The maximum absolute atomic E-state index is 12.4. The standard InChI is InChI=1S/C20H21N3O5S/c1-12(18(24)21-14-8-6-5-7-9-14)29-20-23-22-19(28-20)13-10-15(25-2)17(27-4)16(11-13)26-3/h5-12H,1-4H3,(H,21,24)/t12-/m1/s1. The number of hydrogen-bond donors (Lipinski definition) is 1. The number of aromatic nitrogens is 2. The second-order valence-corrected chi connectivity index (χ2v) is 7.19. The summed E-state index contributed by atoms with van der Waals surface area (Å²) in [6.07, 6.45) is 0. The van der Waals surface area contributed by atoms with E-state index in [1.165, 1.54) is 33.1 Å². The third kappa shape index (κ3) is 4.80. The summed E-state index contributed by atoms with van der Waals surface area (Å²) in [5.41, 5.74) is 1.34. The first kappa shape index (κ1) is 20.5. The van der Waals surface area contributed by atoms with Crippen molar-refractivity contribution in [2.24, 2.45) is 0 Å². The van der Waals surface area contributed by atoms with Crippen LogP contribution in [0.15, 0.2) is 52.1 Å². The van der Waals surface area contributed by atoms with Gasteiger partial charge in [-0.2, -0.15) is 0 Å². The number of methoxy groups -OCH3 is 3. The van der Waals surface area contributed by atoms with Crippen molar-refractivity contribution in [2.45, 2.75) is 17.4 Å². The molecule has 0 bridgehead atoms. The summed E-state index contributed by atoms with van der Waals surface area (Å²) >= 11 is 1.17.